The first kappa shape index (κ1) is 17.7. The first-order valence-corrected chi connectivity index (χ1v) is 7.05. The molecule has 1 N–H and O–H groups in total. The molecule has 4 nitrogen and oxygen atoms in total. The number of benzene rings is 2. The summed E-state index contributed by atoms with van der Waals surface area (Å²) in [5, 5.41) is 4.12. The lowest BCUT2D eigenvalue weighted by Gasteiger charge is -2.10. The molecule has 0 fully saturated rings. The van der Waals surface area contributed by atoms with Crippen LogP contribution in [0.25, 0.3) is 0 Å². The Morgan fingerprint density at radius 1 is 1.00 bits per heavy atom. The molecule has 2 rings (SSSR count). The Kier molecular flexibility index (Phi) is 5.33. The first-order chi connectivity index (χ1) is 11.3. The molecule has 7 heteroatoms. The summed E-state index contributed by atoms with van der Waals surface area (Å²) in [4.78, 5) is 0. The quantitative estimate of drug-likeness (QED) is 0.642. The first-order valence-electron chi connectivity index (χ1n) is 7.05. The predicted octanol–water partition coefficient (Wildman–Crippen LogP) is 4.56. The number of alkyl halides is 3. The molecule has 0 unspecified atom stereocenters. The van der Waals surface area contributed by atoms with Crippen LogP contribution in [0.1, 0.15) is 18.1 Å². The number of hydrogen-bond acceptors (Lipinski definition) is 4. The summed E-state index contributed by atoms with van der Waals surface area (Å²) in [6.45, 7) is 1.74. The topological polar surface area (TPSA) is 42.8 Å². The van der Waals surface area contributed by atoms with E-state index in [9.17, 15) is 13.2 Å². The Balaban J connectivity index is 2.20. The van der Waals surface area contributed by atoms with Gasteiger partial charge in [0, 0.05) is 5.56 Å². The van der Waals surface area contributed by atoms with Gasteiger partial charge in [-0.1, -0.05) is 6.07 Å². The van der Waals surface area contributed by atoms with Crippen LogP contribution in [0.5, 0.6) is 11.5 Å². The second kappa shape index (κ2) is 7.25. The molecule has 0 spiro atoms. The van der Waals surface area contributed by atoms with Crippen LogP contribution in [0, 0.1) is 0 Å². The number of hydrogen-bond donors (Lipinski definition) is 1. The van der Waals surface area contributed by atoms with Gasteiger partial charge in [-0.05, 0) is 43.3 Å². The number of nitrogens with one attached hydrogen (secondary N) is 1. The number of rotatable bonds is 5. The van der Waals surface area contributed by atoms with Gasteiger partial charge in [0.2, 0.25) is 0 Å². The number of methoxy groups -OCH3 is 2. The number of ether oxygens (including phenoxy) is 2. The minimum absolute atomic E-state index is 0.254. The van der Waals surface area contributed by atoms with E-state index in [1.54, 1.807) is 25.1 Å². The van der Waals surface area contributed by atoms with Gasteiger partial charge in [-0.25, -0.2) is 0 Å². The van der Waals surface area contributed by atoms with Crippen LogP contribution in [-0.4, -0.2) is 19.9 Å². The third kappa shape index (κ3) is 4.18. The minimum Gasteiger partial charge on any atom is -0.493 e. The van der Waals surface area contributed by atoms with Gasteiger partial charge >= 0.3 is 6.18 Å². The molecular weight excluding hydrogens is 321 g/mol. The van der Waals surface area contributed by atoms with Crippen molar-refractivity contribution in [3.05, 3.63) is 53.6 Å². The number of anilines is 1. The van der Waals surface area contributed by atoms with E-state index in [-0.39, 0.29) is 5.69 Å². The lowest BCUT2D eigenvalue weighted by atomic mass is 10.1. The Morgan fingerprint density at radius 3 is 2.33 bits per heavy atom. The molecule has 0 radical (unpaired) electrons. The van der Waals surface area contributed by atoms with Gasteiger partial charge in [0.1, 0.15) is 0 Å². The van der Waals surface area contributed by atoms with E-state index in [0.29, 0.717) is 17.2 Å². The molecule has 2 aromatic carbocycles. The average molecular weight is 338 g/mol. The van der Waals surface area contributed by atoms with Crippen LogP contribution in [-0.2, 0) is 6.18 Å². The molecule has 0 saturated heterocycles. The molecule has 0 aliphatic heterocycles. The maximum atomic E-state index is 12.7. The summed E-state index contributed by atoms with van der Waals surface area (Å²) >= 11 is 0. The molecule has 0 amide bonds. The van der Waals surface area contributed by atoms with Gasteiger partial charge in [-0.3, -0.25) is 5.43 Å². The summed E-state index contributed by atoms with van der Waals surface area (Å²) in [5.41, 5.74) is 3.51. The Bertz CT molecular complexity index is 743. The van der Waals surface area contributed by atoms with Crippen LogP contribution >= 0.6 is 0 Å². The molecule has 0 atom stereocenters. The van der Waals surface area contributed by atoms with Gasteiger partial charge in [-0.2, -0.15) is 18.3 Å². The van der Waals surface area contributed by atoms with Gasteiger partial charge in [0.05, 0.1) is 31.2 Å². The summed E-state index contributed by atoms with van der Waals surface area (Å²) in [5.74, 6) is 1.13. The zero-order valence-electron chi connectivity index (χ0n) is 13.4. The largest absolute Gasteiger partial charge is 0.493 e. The van der Waals surface area contributed by atoms with E-state index in [1.165, 1.54) is 26.4 Å². The van der Waals surface area contributed by atoms with Crippen LogP contribution in [0.4, 0.5) is 18.9 Å². The number of hydrazone groups is 1. The van der Waals surface area contributed by atoms with Crippen molar-refractivity contribution in [2.75, 3.05) is 19.6 Å². The second-order valence-electron chi connectivity index (χ2n) is 4.96. The molecule has 0 bridgehead atoms. The minimum atomic E-state index is -4.39. The highest BCUT2D eigenvalue weighted by atomic mass is 19.4. The molecule has 2 aromatic rings. The van der Waals surface area contributed by atoms with Crippen molar-refractivity contribution >= 4 is 11.4 Å². The summed E-state index contributed by atoms with van der Waals surface area (Å²) in [6, 6.07) is 10.1. The van der Waals surface area contributed by atoms with E-state index < -0.39 is 11.7 Å². The maximum absolute atomic E-state index is 12.7. The van der Waals surface area contributed by atoms with E-state index in [4.69, 9.17) is 9.47 Å². The summed E-state index contributed by atoms with van der Waals surface area (Å²) in [7, 11) is 3.06. The maximum Gasteiger partial charge on any atom is 0.416 e. The van der Waals surface area contributed by atoms with Crippen molar-refractivity contribution in [3.8, 4) is 11.5 Å². The summed E-state index contributed by atoms with van der Waals surface area (Å²) < 4.78 is 48.5. The highest BCUT2D eigenvalue weighted by molar-refractivity contribution is 5.99. The van der Waals surface area contributed by atoms with Crippen LogP contribution < -0.4 is 14.9 Å². The molecule has 0 aliphatic rings. The summed E-state index contributed by atoms with van der Waals surface area (Å²) in [6.07, 6.45) is -4.39. The van der Waals surface area contributed by atoms with E-state index in [0.717, 1.165) is 17.7 Å². The fourth-order valence-electron chi connectivity index (χ4n) is 2.04. The monoisotopic (exact) mass is 338 g/mol. The Labute approximate surface area is 137 Å². The third-order valence-electron chi connectivity index (χ3n) is 3.34. The average Bonchev–Trinajstić information content (AvgIpc) is 2.58. The highest BCUT2D eigenvalue weighted by Gasteiger charge is 2.30. The molecular formula is C17H17F3N2O2. The van der Waals surface area contributed by atoms with Crippen molar-refractivity contribution in [2.24, 2.45) is 5.10 Å². The van der Waals surface area contributed by atoms with Crippen molar-refractivity contribution in [3.63, 3.8) is 0 Å². The van der Waals surface area contributed by atoms with Gasteiger partial charge < -0.3 is 9.47 Å². The molecule has 0 aromatic heterocycles. The number of halogens is 3. The van der Waals surface area contributed by atoms with Crippen LogP contribution in [0.2, 0.25) is 0 Å². The van der Waals surface area contributed by atoms with Crippen molar-refractivity contribution < 1.29 is 22.6 Å². The zero-order chi connectivity index (χ0) is 17.7. The smallest absolute Gasteiger partial charge is 0.416 e. The molecule has 0 heterocycles. The Morgan fingerprint density at radius 2 is 1.71 bits per heavy atom. The standard InChI is InChI=1S/C17H17F3N2O2/c1-11(12-7-8-15(23-2)16(9-12)24-3)21-22-14-6-4-5-13(10-14)17(18,19)20/h4-10,22H,1-3H3/b21-11+. The lowest BCUT2D eigenvalue weighted by Crippen LogP contribution is -2.06. The number of nitrogens with zero attached hydrogens (tertiary/aromatic N) is 1. The van der Waals surface area contributed by atoms with E-state index in [1.807, 2.05) is 0 Å². The van der Waals surface area contributed by atoms with Crippen LogP contribution in [0.15, 0.2) is 47.6 Å². The molecule has 24 heavy (non-hydrogen) atoms. The highest BCUT2D eigenvalue weighted by Crippen LogP contribution is 2.31. The van der Waals surface area contributed by atoms with E-state index in [2.05, 4.69) is 10.5 Å². The fraction of sp³-hybridized carbons (Fsp3) is 0.235. The van der Waals surface area contributed by atoms with E-state index >= 15 is 0 Å². The normalized spacial score (nSPS) is 12.0. The van der Waals surface area contributed by atoms with Crippen molar-refractivity contribution in [1.29, 1.82) is 0 Å². The van der Waals surface area contributed by atoms with Gasteiger partial charge in [0.15, 0.2) is 11.5 Å². The van der Waals surface area contributed by atoms with Crippen molar-refractivity contribution in [2.45, 2.75) is 13.1 Å². The third-order valence-corrected chi connectivity index (χ3v) is 3.34. The SMILES string of the molecule is COc1ccc(/C(C)=N/Nc2cccc(C(F)(F)F)c2)cc1OC. The second-order valence-corrected chi connectivity index (χ2v) is 4.96. The fourth-order valence-corrected chi connectivity index (χ4v) is 2.04. The van der Waals surface area contributed by atoms with Gasteiger partial charge in [-0.15, -0.1) is 0 Å². The molecule has 128 valence electrons. The van der Waals surface area contributed by atoms with Crippen LogP contribution in [0.3, 0.4) is 0 Å². The van der Waals surface area contributed by atoms with Gasteiger partial charge in [0.25, 0.3) is 0 Å². The Hall–Kier alpha value is -2.70. The molecule has 0 saturated carbocycles. The zero-order valence-corrected chi connectivity index (χ0v) is 13.4. The predicted molar refractivity (Wildman–Crippen MR) is 86.8 cm³/mol. The lowest BCUT2D eigenvalue weighted by molar-refractivity contribution is -0.137. The molecule has 0 aliphatic carbocycles. The van der Waals surface area contributed by atoms with Crippen molar-refractivity contribution in [1.82, 2.24) is 0 Å².